The van der Waals surface area contributed by atoms with Crippen molar-refractivity contribution in [2.45, 2.75) is 24.9 Å². The van der Waals surface area contributed by atoms with Crippen LogP contribution in [0.25, 0.3) is 10.8 Å². The molecule has 1 aliphatic rings. The number of aliphatic carboxylic acids is 1. The molecule has 0 bridgehead atoms. The van der Waals surface area contributed by atoms with E-state index >= 15 is 0 Å². The zero-order valence-electron chi connectivity index (χ0n) is 14.3. The van der Waals surface area contributed by atoms with Crippen molar-refractivity contribution in [3.63, 3.8) is 0 Å². The maximum atomic E-state index is 11.8. The minimum absolute atomic E-state index is 0.0590. The van der Waals surface area contributed by atoms with Gasteiger partial charge in [0.2, 0.25) is 0 Å². The number of nitrogens with zero attached hydrogens (tertiary/aromatic N) is 1. The number of hydrogen-bond acceptors (Lipinski definition) is 2. The Morgan fingerprint density at radius 3 is 2.42 bits per heavy atom. The largest absolute Gasteiger partial charge is 0.480 e. The zero-order valence-corrected chi connectivity index (χ0v) is 15.9. The molecule has 4 rings (SSSR count). The van der Waals surface area contributed by atoms with E-state index in [2.05, 4.69) is 63.3 Å². The minimum Gasteiger partial charge on any atom is -0.480 e. The third-order valence-electron chi connectivity index (χ3n) is 5.19. The van der Waals surface area contributed by atoms with Crippen LogP contribution in [0.15, 0.2) is 71.2 Å². The highest BCUT2D eigenvalue weighted by Crippen LogP contribution is 2.36. The van der Waals surface area contributed by atoms with Gasteiger partial charge in [-0.1, -0.05) is 64.5 Å². The van der Waals surface area contributed by atoms with Crippen LogP contribution in [0.2, 0.25) is 0 Å². The molecule has 1 fully saturated rings. The third kappa shape index (κ3) is 3.27. The van der Waals surface area contributed by atoms with E-state index in [0.717, 1.165) is 28.6 Å². The molecule has 26 heavy (non-hydrogen) atoms. The molecular formula is C22H20BrNO2. The summed E-state index contributed by atoms with van der Waals surface area (Å²) < 4.78 is 1.02. The quantitative estimate of drug-likeness (QED) is 0.640. The van der Waals surface area contributed by atoms with Crippen molar-refractivity contribution in [1.29, 1.82) is 0 Å². The van der Waals surface area contributed by atoms with E-state index in [-0.39, 0.29) is 6.04 Å². The number of benzene rings is 3. The zero-order chi connectivity index (χ0) is 18.1. The molecule has 1 heterocycles. The van der Waals surface area contributed by atoms with Crippen LogP contribution < -0.4 is 0 Å². The van der Waals surface area contributed by atoms with Crippen molar-refractivity contribution < 1.29 is 9.90 Å². The predicted octanol–water partition coefficient (Wildman–Crippen LogP) is 5.24. The van der Waals surface area contributed by atoms with Crippen molar-refractivity contribution in [1.82, 2.24) is 4.90 Å². The molecule has 0 aliphatic carbocycles. The molecule has 0 aromatic heterocycles. The fourth-order valence-corrected chi connectivity index (χ4v) is 4.23. The van der Waals surface area contributed by atoms with E-state index in [1.165, 1.54) is 10.8 Å². The lowest BCUT2D eigenvalue weighted by atomic mass is 9.94. The van der Waals surface area contributed by atoms with Gasteiger partial charge in [0.15, 0.2) is 0 Å². The Labute approximate surface area is 161 Å². The van der Waals surface area contributed by atoms with Gasteiger partial charge >= 0.3 is 5.97 Å². The maximum absolute atomic E-state index is 11.8. The van der Waals surface area contributed by atoms with E-state index in [1.54, 1.807) is 0 Å². The lowest BCUT2D eigenvalue weighted by Crippen LogP contribution is -2.39. The topological polar surface area (TPSA) is 40.5 Å². The summed E-state index contributed by atoms with van der Waals surface area (Å²) in [5.74, 6) is -0.731. The molecule has 1 saturated heterocycles. The van der Waals surface area contributed by atoms with Gasteiger partial charge < -0.3 is 5.11 Å². The summed E-state index contributed by atoms with van der Waals surface area (Å²) >= 11 is 3.49. The van der Waals surface area contributed by atoms with E-state index in [1.807, 2.05) is 24.3 Å². The number of carboxylic acid groups (broad SMARTS) is 1. The summed E-state index contributed by atoms with van der Waals surface area (Å²) in [6.45, 7) is 0.796. The highest BCUT2D eigenvalue weighted by Gasteiger charge is 2.36. The summed E-state index contributed by atoms with van der Waals surface area (Å²) in [7, 11) is 0. The minimum atomic E-state index is -0.731. The Morgan fingerprint density at radius 2 is 1.69 bits per heavy atom. The summed E-state index contributed by atoms with van der Waals surface area (Å²) in [5, 5.41) is 12.1. The van der Waals surface area contributed by atoms with Crippen LogP contribution in [0.1, 0.15) is 30.0 Å². The second kappa shape index (κ2) is 7.22. The Morgan fingerprint density at radius 1 is 1.00 bits per heavy atom. The molecule has 2 unspecified atom stereocenters. The monoisotopic (exact) mass is 409 g/mol. The van der Waals surface area contributed by atoms with Crippen molar-refractivity contribution in [2.24, 2.45) is 0 Å². The molecule has 3 nitrogen and oxygen atoms in total. The molecule has 1 N–H and O–H groups in total. The van der Waals surface area contributed by atoms with Crippen molar-refractivity contribution >= 4 is 32.7 Å². The van der Waals surface area contributed by atoms with Crippen molar-refractivity contribution in [2.75, 3.05) is 6.54 Å². The molecule has 132 valence electrons. The Balaban J connectivity index is 1.83. The molecule has 2 atom stereocenters. The van der Waals surface area contributed by atoms with Gasteiger partial charge in [0.25, 0.3) is 0 Å². The number of fused-ring (bicyclic) bond motifs is 1. The summed E-state index contributed by atoms with van der Waals surface area (Å²) in [6.07, 6.45) is 1.62. The molecular weight excluding hydrogens is 390 g/mol. The first-order valence-electron chi connectivity index (χ1n) is 8.86. The van der Waals surface area contributed by atoms with Gasteiger partial charge in [-0.3, -0.25) is 9.69 Å². The predicted molar refractivity (Wildman–Crippen MR) is 107 cm³/mol. The Kier molecular flexibility index (Phi) is 4.79. The standard InChI is InChI=1S/C22H20BrNO2/c23-19-11-9-16(10-12-19)21(24-13-3-6-20(24)22(25)26)18-8-7-15-4-1-2-5-17(15)14-18/h1-2,4-5,7-12,14,20-21H,3,6,13H2,(H,25,26). The van der Waals surface area contributed by atoms with E-state index in [9.17, 15) is 9.90 Å². The first kappa shape index (κ1) is 17.3. The van der Waals surface area contributed by atoms with Gasteiger partial charge in [-0.25, -0.2) is 0 Å². The van der Waals surface area contributed by atoms with Crippen molar-refractivity contribution in [3.8, 4) is 0 Å². The SMILES string of the molecule is O=C(O)C1CCCN1C(c1ccc(Br)cc1)c1ccc2ccccc2c1. The van der Waals surface area contributed by atoms with Gasteiger partial charge in [-0.05, 0) is 52.9 Å². The highest BCUT2D eigenvalue weighted by atomic mass is 79.9. The summed E-state index contributed by atoms with van der Waals surface area (Å²) in [5.41, 5.74) is 2.26. The number of likely N-dealkylation sites (tertiary alicyclic amines) is 1. The number of carboxylic acids is 1. The lowest BCUT2D eigenvalue weighted by Gasteiger charge is -2.32. The van der Waals surface area contributed by atoms with E-state index < -0.39 is 12.0 Å². The van der Waals surface area contributed by atoms with Gasteiger partial charge in [-0.15, -0.1) is 0 Å². The van der Waals surface area contributed by atoms with Crippen LogP contribution in [-0.4, -0.2) is 28.6 Å². The summed E-state index contributed by atoms with van der Waals surface area (Å²) in [6, 6.07) is 22.5. The fourth-order valence-electron chi connectivity index (χ4n) is 3.96. The van der Waals surface area contributed by atoms with Crippen molar-refractivity contribution in [3.05, 3.63) is 82.3 Å². The van der Waals surface area contributed by atoms with E-state index in [4.69, 9.17) is 0 Å². The van der Waals surface area contributed by atoms with E-state index in [0.29, 0.717) is 6.42 Å². The molecule has 0 radical (unpaired) electrons. The Bertz CT molecular complexity index is 938. The van der Waals surface area contributed by atoms with Crippen LogP contribution in [0.5, 0.6) is 0 Å². The second-order valence-corrected chi connectivity index (χ2v) is 7.71. The van der Waals surface area contributed by atoms with Crippen LogP contribution in [0.4, 0.5) is 0 Å². The maximum Gasteiger partial charge on any atom is 0.320 e. The fraction of sp³-hybridized carbons (Fsp3) is 0.227. The van der Waals surface area contributed by atoms with Crippen LogP contribution in [-0.2, 0) is 4.79 Å². The first-order valence-corrected chi connectivity index (χ1v) is 9.65. The molecule has 0 spiro atoms. The lowest BCUT2D eigenvalue weighted by molar-refractivity contribution is -0.142. The molecule has 4 heteroatoms. The second-order valence-electron chi connectivity index (χ2n) is 6.79. The molecule has 1 aliphatic heterocycles. The van der Waals surface area contributed by atoms with Crippen LogP contribution >= 0.6 is 15.9 Å². The van der Waals surface area contributed by atoms with Gasteiger partial charge in [0, 0.05) is 11.0 Å². The average molecular weight is 410 g/mol. The van der Waals surface area contributed by atoms with Crippen LogP contribution in [0.3, 0.4) is 0 Å². The smallest absolute Gasteiger partial charge is 0.320 e. The van der Waals surface area contributed by atoms with Gasteiger partial charge in [0.1, 0.15) is 6.04 Å². The molecule has 0 amide bonds. The molecule has 3 aromatic carbocycles. The van der Waals surface area contributed by atoms with Gasteiger partial charge in [0.05, 0.1) is 6.04 Å². The number of carbonyl (C=O) groups is 1. The van der Waals surface area contributed by atoms with Crippen LogP contribution in [0, 0.1) is 0 Å². The molecule has 0 saturated carbocycles. The summed E-state index contributed by atoms with van der Waals surface area (Å²) in [4.78, 5) is 13.9. The molecule has 3 aromatic rings. The third-order valence-corrected chi connectivity index (χ3v) is 5.71. The Hall–Kier alpha value is -2.17. The first-order chi connectivity index (χ1) is 12.6. The average Bonchev–Trinajstić information content (AvgIpc) is 3.13. The number of halogens is 1. The van der Waals surface area contributed by atoms with Gasteiger partial charge in [-0.2, -0.15) is 0 Å². The number of rotatable bonds is 4. The number of hydrogen-bond donors (Lipinski definition) is 1. The normalized spacial score (nSPS) is 18.9. The highest BCUT2D eigenvalue weighted by molar-refractivity contribution is 9.10.